The molecule has 0 aliphatic heterocycles. The standard InChI is InChI=1S/C19H20N4O2S2/c1-11-14(10-20-23(11)3)21-19(26)22-17-16(18(24)25-4)15(12(2)27-17)13-8-6-5-7-9-13/h5-10H,1-4H3,(H2,21,22,26). The van der Waals surface area contributed by atoms with Crippen LogP contribution in [0.5, 0.6) is 0 Å². The monoisotopic (exact) mass is 400 g/mol. The molecule has 2 N–H and O–H groups in total. The normalized spacial score (nSPS) is 10.5. The van der Waals surface area contributed by atoms with Crippen molar-refractivity contribution < 1.29 is 9.53 Å². The van der Waals surface area contributed by atoms with Crippen LogP contribution in [-0.4, -0.2) is 28.0 Å². The fourth-order valence-corrected chi connectivity index (χ4v) is 4.11. The van der Waals surface area contributed by atoms with Crippen molar-refractivity contribution in [3.8, 4) is 11.1 Å². The van der Waals surface area contributed by atoms with Gasteiger partial charge in [0.25, 0.3) is 0 Å². The average Bonchev–Trinajstić information content (AvgIpc) is 3.15. The maximum absolute atomic E-state index is 12.5. The topological polar surface area (TPSA) is 68.2 Å². The Morgan fingerprint density at radius 2 is 1.93 bits per heavy atom. The second kappa shape index (κ2) is 7.89. The maximum atomic E-state index is 12.5. The van der Waals surface area contributed by atoms with Gasteiger partial charge in [-0.2, -0.15) is 5.10 Å². The predicted octanol–water partition coefficient (Wildman–Crippen LogP) is 4.36. The molecule has 0 bridgehead atoms. The van der Waals surface area contributed by atoms with Gasteiger partial charge in [-0.05, 0) is 31.6 Å². The number of nitrogens with zero attached hydrogens (tertiary/aromatic N) is 2. The minimum absolute atomic E-state index is 0.386. The average molecular weight is 401 g/mol. The molecule has 0 saturated heterocycles. The van der Waals surface area contributed by atoms with E-state index in [4.69, 9.17) is 17.0 Å². The molecule has 6 nitrogen and oxygen atoms in total. The Balaban J connectivity index is 1.94. The van der Waals surface area contributed by atoms with E-state index in [9.17, 15) is 4.79 Å². The fraction of sp³-hybridized carbons (Fsp3) is 0.211. The van der Waals surface area contributed by atoms with Gasteiger partial charge in [-0.15, -0.1) is 11.3 Å². The van der Waals surface area contributed by atoms with Crippen molar-refractivity contribution in [2.45, 2.75) is 13.8 Å². The van der Waals surface area contributed by atoms with E-state index in [1.54, 1.807) is 10.9 Å². The number of anilines is 2. The summed E-state index contributed by atoms with van der Waals surface area (Å²) in [4.78, 5) is 13.5. The summed E-state index contributed by atoms with van der Waals surface area (Å²) in [5.41, 5.74) is 4.07. The molecule has 2 aromatic heterocycles. The van der Waals surface area contributed by atoms with Crippen molar-refractivity contribution in [2.75, 3.05) is 17.7 Å². The lowest BCUT2D eigenvalue weighted by Gasteiger charge is -2.11. The molecule has 8 heteroatoms. The second-order valence-corrected chi connectivity index (χ2v) is 7.57. The largest absolute Gasteiger partial charge is 0.465 e. The lowest BCUT2D eigenvalue weighted by atomic mass is 10.0. The van der Waals surface area contributed by atoms with E-state index in [-0.39, 0.29) is 0 Å². The van der Waals surface area contributed by atoms with Crippen LogP contribution < -0.4 is 10.6 Å². The third-order valence-corrected chi connectivity index (χ3v) is 5.47. The van der Waals surface area contributed by atoms with E-state index in [0.717, 1.165) is 27.4 Å². The van der Waals surface area contributed by atoms with E-state index in [2.05, 4.69) is 15.7 Å². The first-order valence-corrected chi connectivity index (χ1v) is 9.48. The highest BCUT2D eigenvalue weighted by Crippen LogP contribution is 2.40. The highest BCUT2D eigenvalue weighted by molar-refractivity contribution is 7.80. The minimum atomic E-state index is -0.402. The molecule has 0 saturated carbocycles. The van der Waals surface area contributed by atoms with Gasteiger partial charge >= 0.3 is 5.97 Å². The second-order valence-electron chi connectivity index (χ2n) is 5.94. The molecule has 0 radical (unpaired) electrons. The zero-order valence-corrected chi connectivity index (χ0v) is 17.1. The molecule has 3 rings (SSSR count). The van der Waals surface area contributed by atoms with E-state index >= 15 is 0 Å². The van der Waals surface area contributed by atoms with Crippen molar-refractivity contribution in [1.29, 1.82) is 0 Å². The SMILES string of the molecule is COC(=O)c1c(NC(=S)Nc2cnn(C)c2C)sc(C)c1-c1ccccc1. The third-order valence-electron chi connectivity index (χ3n) is 4.25. The zero-order valence-electron chi connectivity index (χ0n) is 15.5. The van der Waals surface area contributed by atoms with E-state index in [0.29, 0.717) is 15.7 Å². The molecule has 0 fully saturated rings. The summed E-state index contributed by atoms with van der Waals surface area (Å²) in [6.45, 7) is 3.92. The first-order chi connectivity index (χ1) is 12.9. The summed E-state index contributed by atoms with van der Waals surface area (Å²) in [6, 6.07) is 9.77. The number of carbonyl (C=O) groups excluding carboxylic acids is 1. The molecule has 0 aliphatic carbocycles. The van der Waals surface area contributed by atoms with Gasteiger partial charge in [0.05, 0.1) is 24.7 Å². The smallest absolute Gasteiger partial charge is 0.341 e. The fourth-order valence-electron chi connectivity index (χ4n) is 2.76. The lowest BCUT2D eigenvalue weighted by molar-refractivity contribution is 0.0603. The number of methoxy groups -OCH3 is 1. The van der Waals surface area contributed by atoms with Crippen LogP contribution in [0.4, 0.5) is 10.7 Å². The van der Waals surface area contributed by atoms with Crippen LogP contribution >= 0.6 is 23.6 Å². The Bertz CT molecular complexity index is 993. The molecule has 0 unspecified atom stereocenters. The number of thiophene rings is 1. The number of benzene rings is 1. The van der Waals surface area contributed by atoms with Gasteiger partial charge in [-0.3, -0.25) is 4.68 Å². The molecule has 140 valence electrons. The number of carbonyl (C=O) groups is 1. The predicted molar refractivity (Wildman–Crippen MR) is 114 cm³/mol. The Morgan fingerprint density at radius 1 is 1.22 bits per heavy atom. The minimum Gasteiger partial charge on any atom is -0.465 e. The highest BCUT2D eigenvalue weighted by atomic mass is 32.1. The summed E-state index contributed by atoms with van der Waals surface area (Å²) in [5.74, 6) is -0.402. The molecular weight excluding hydrogens is 380 g/mol. The van der Waals surface area contributed by atoms with Crippen molar-refractivity contribution in [3.05, 3.63) is 52.7 Å². The number of rotatable bonds is 4. The summed E-state index contributed by atoms with van der Waals surface area (Å²) in [5, 5.41) is 11.5. The molecule has 0 atom stereocenters. The van der Waals surface area contributed by atoms with Crippen LogP contribution in [0.25, 0.3) is 11.1 Å². The molecule has 1 aromatic carbocycles. The van der Waals surface area contributed by atoms with Gasteiger partial charge in [-0.25, -0.2) is 4.79 Å². The summed E-state index contributed by atoms with van der Waals surface area (Å²) in [6.07, 6.45) is 1.71. The molecule has 0 aliphatic rings. The van der Waals surface area contributed by atoms with Crippen molar-refractivity contribution in [2.24, 2.45) is 7.05 Å². The van der Waals surface area contributed by atoms with E-state index in [1.807, 2.05) is 51.2 Å². The van der Waals surface area contributed by atoms with Crippen molar-refractivity contribution >= 4 is 45.3 Å². The van der Waals surface area contributed by atoms with Gasteiger partial charge in [0, 0.05) is 17.5 Å². The number of thiocarbonyl (C=S) groups is 1. The van der Waals surface area contributed by atoms with Crippen LogP contribution in [0.15, 0.2) is 36.5 Å². The summed E-state index contributed by atoms with van der Waals surface area (Å²) < 4.78 is 6.78. The summed E-state index contributed by atoms with van der Waals surface area (Å²) >= 11 is 6.90. The van der Waals surface area contributed by atoms with Crippen LogP contribution in [0.2, 0.25) is 0 Å². The zero-order chi connectivity index (χ0) is 19.6. The van der Waals surface area contributed by atoms with E-state index < -0.39 is 5.97 Å². The number of aromatic nitrogens is 2. The molecule has 2 heterocycles. The van der Waals surface area contributed by atoms with E-state index in [1.165, 1.54) is 18.4 Å². The number of hydrogen-bond donors (Lipinski definition) is 2. The van der Waals surface area contributed by atoms with Crippen molar-refractivity contribution in [3.63, 3.8) is 0 Å². The number of ether oxygens (including phenoxy) is 1. The Morgan fingerprint density at radius 3 is 2.52 bits per heavy atom. The Hall–Kier alpha value is -2.71. The first kappa shape index (κ1) is 19.1. The highest BCUT2D eigenvalue weighted by Gasteiger charge is 2.24. The van der Waals surface area contributed by atoms with Gasteiger partial charge in [0.15, 0.2) is 5.11 Å². The van der Waals surface area contributed by atoms with Crippen LogP contribution in [0.1, 0.15) is 20.9 Å². The Kier molecular flexibility index (Phi) is 5.57. The van der Waals surface area contributed by atoms with Gasteiger partial charge in [-0.1, -0.05) is 30.3 Å². The van der Waals surface area contributed by atoms with Gasteiger partial charge in [0.1, 0.15) is 10.6 Å². The maximum Gasteiger partial charge on any atom is 0.341 e. The van der Waals surface area contributed by atoms with Gasteiger partial charge in [0.2, 0.25) is 0 Å². The van der Waals surface area contributed by atoms with Gasteiger partial charge < -0.3 is 15.4 Å². The number of nitrogens with one attached hydrogen (secondary N) is 2. The molecule has 0 spiro atoms. The summed E-state index contributed by atoms with van der Waals surface area (Å²) in [7, 11) is 3.24. The number of aryl methyl sites for hydroxylation is 2. The third kappa shape index (κ3) is 3.86. The molecule has 3 aromatic rings. The van der Waals surface area contributed by atoms with Crippen LogP contribution in [0.3, 0.4) is 0 Å². The Labute approximate surface area is 167 Å². The lowest BCUT2D eigenvalue weighted by Crippen LogP contribution is -2.20. The van der Waals surface area contributed by atoms with Crippen molar-refractivity contribution in [1.82, 2.24) is 9.78 Å². The van der Waals surface area contributed by atoms with Crippen LogP contribution in [-0.2, 0) is 11.8 Å². The quantitative estimate of drug-likeness (QED) is 0.501. The molecular formula is C19H20N4O2S2. The number of hydrogen-bond acceptors (Lipinski definition) is 5. The van der Waals surface area contributed by atoms with Crippen LogP contribution in [0, 0.1) is 13.8 Å². The first-order valence-electron chi connectivity index (χ1n) is 8.26. The molecule has 0 amide bonds. The number of esters is 1. The molecule has 27 heavy (non-hydrogen) atoms.